The molecule has 2 aromatic rings. The van der Waals surface area contributed by atoms with Crippen LogP contribution in [0.3, 0.4) is 0 Å². The predicted molar refractivity (Wildman–Crippen MR) is 94.0 cm³/mol. The number of amides is 1. The van der Waals surface area contributed by atoms with Gasteiger partial charge in [-0.2, -0.15) is 0 Å². The molecule has 0 aliphatic rings. The Kier molecular flexibility index (Phi) is 6.11. The van der Waals surface area contributed by atoms with Crippen molar-refractivity contribution in [2.75, 3.05) is 19.0 Å². The minimum absolute atomic E-state index is 0.0310. The molecule has 0 aliphatic carbocycles. The van der Waals surface area contributed by atoms with Crippen LogP contribution in [0.2, 0.25) is 0 Å². The first-order valence-corrected chi connectivity index (χ1v) is 7.85. The van der Waals surface area contributed by atoms with Crippen molar-refractivity contribution in [2.24, 2.45) is 0 Å². The minimum Gasteiger partial charge on any atom is -0.465 e. The maximum atomic E-state index is 13.9. The number of hydrogen-bond acceptors (Lipinski definition) is 4. The molecule has 6 heteroatoms. The molecule has 0 heterocycles. The van der Waals surface area contributed by atoms with Crippen LogP contribution in [0.15, 0.2) is 36.4 Å². The maximum absolute atomic E-state index is 13.9. The average Bonchev–Trinajstić information content (AvgIpc) is 2.60. The van der Waals surface area contributed by atoms with Crippen LogP contribution >= 0.6 is 0 Å². The Labute approximate surface area is 146 Å². The Balaban J connectivity index is 1.97. The lowest BCUT2D eigenvalue weighted by molar-refractivity contribution is -0.119. The molecule has 25 heavy (non-hydrogen) atoms. The lowest BCUT2D eigenvalue weighted by Gasteiger charge is -2.12. The van der Waals surface area contributed by atoms with E-state index >= 15 is 0 Å². The number of rotatable bonds is 6. The Hall–Kier alpha value is -2.89. The van der Waals surface area contributed by atoms with Gasteiger partial charge in [0.15, 0.2) is 0 Å². The number of benzene rings is 2. The highest BCUT2D eigenvalue weighted by atomic mass is 19.1. The van der Waals surface area contributed by atoms with Crippen LogP contribution in [-0.4, -0.2) is 25.5 Å². The number of carbonyl (C=O) groups excluding carboxylic acids is 2. The summed E-state index contributed by atoms with van der Waals surface area (Å²) >= 11 is 0. The van der Waals surface area contributed by atoms with Crippen molar-refractivity contribution in [3.05, 3.63) is 64.5 Å². The van der Waals surface area contributed by atoms with Gasteiger partial charge in [0.2, 0.25) is 5.91 Å². The molecular weight excluding hydrogens is 323 g/mol. The van der Waals surface area contributed by atoms with E-state index in [0.29, 0.717) is 17.8 Å². The zero-order valence-corrected chi connectivity index (χ0v) is 14.5. The standard InChI is InChI=1S/C19H21FN2O3/c1-12-5-4-6-14(7-12)10-22-18(23)11-21-17-9-15(19(24)25-3)8-16(20)13(17)2/h4-9,21H,10-11H2,1-3H3,(H,22,23). The number of hydrogen-bond donors (Lipinski definition) is 2. The predicted octanol–water partition coefficient (Wildman–Crippen LogP) is 2.96. The van der Waals surface area contributed by atoms with Gasteiger partial charge in [-0.25, -0.2) is 9.18 Å². The van der Waals surface area contributed by atoms with Gasteiger partial charge in [0.05, 0.1) is 19.2 Å². The Bertz CT molecular complexity index is 790. The number of methoxy groups -OCH3 is 1. The fourth-order valence-electron chi connectivity index (χ4n) is 2.36. The van der Waals surface area contributed by atoms with Crippen LogP contribution in [0, 0.1) is 19.7 Å². The average molecular weight is 344 g/mol. The van der Waals surface area contributed by atoms with Crippen molar-refractivity contribution in [1.82, 2.24) is 5.32 Å². The van der Waals surface area contributed by atoms with E-state index < -0.39 is 11.8 Å². The summed E-state index contributed by atoms with van der Waals surface area (Å²) in [6, 6.07) is 10.4. The molecule has 0 saturated heterocycles. The molecule has 0 bridgehead atoms. The topological polar surface area (TPSA) is 67.4 Å². The lowest BCUT2D eigenvalue weighted by atomic mass is 10.1. The molecule has 0 atom stereocenters. The van der Waals surface area contributed by atoms with E-state index in [2.05, 4.69) is 15.4 Å². The van der Waals surface area contributed by atoms with Crippen molar-refractivity contribution in [3.8, 4) is 0 Å². The van der Waals surface area contributed by atoms with E-state index in [1.165, 1.54) is 13.2 Å². The highest BCUT2D eigenvalue weighted by molar-refractivity contribution is 5.91. The number of nitrogens with one attached hydrogen (secondary N) is 2. The number of carbonyl (C=O) groups is 2. The van der Waals surface area contributed by atoms with Gasteiger partial charge >= 0.3 is 5.97 Å². The summed E-state index contributed by atoms with van der Waals surface area (Å²) in [7, 11) is 1.23. The monoisotopic (exact) mass is 344 g/mol. The second-order valence-electron chi connectivity index (χ2n) is 5.74. The number of anilines is 1. The molecular formula is C19H21FN2O3. The molecule has 0 saturated carbocycles. The number of ether oxygens (including phenoxy) is 1. The van der Waals surface area contributed by atoms with Crippen LogP contribution in [0.25, 0.3) is 0 Å². The summed E-state index contributed by atoms with van der Waals surface area (Å²) in [4.78, 5) is 23.5. The first-order chi connectivity index (χ1) is 11.9. The third-order valence-electron chi connectivity index (χ3n) is 3.78. The molecule has 0 fully saturated rings. The van der Waals surface area contributed by atoms with E-state index in [9.17, 15) is 14.0 Å². The molecule has 2 rings (SSSR count). The molecule has 0 unspecified atom stereocenters. The van der Waals surface area contributed by atoms with Gasteiger partial charge in [-0.3, -0.25) is 4.79 Å². The number of esters is 1. The molecule has 5 nitrogen and oxygen atoms in total. The first-order valence-electron chi connectivity index (χ1n) is 7.85. The fraction of sp³-hybridized carbons (Fsp3) is 0.263. The van der Waals surface area contributed by atoms with Crippen LogP contribution in [0.4, 0.5) is 10.1 Å². The summed E-state index contributed by atoms with van der Waals surface area (Å²) in [5, 5.41) is 5.65. The number of halogens is 1. The van der Waals surface area contributed by atoms with Gasteiger partial charge in [0.25, 0.3) is 0 Å². The summed E-state index contributed by atoms with van der Waals surface area (Å²) in [6.45, 7) is 3.94. The molecule has 0 spiro atoms. The molecule has 0 aromatic heterocycles. The van der Waals surface area contributed by atoms with E-state index in [1.807, 2.05) is 31.2 Å². The van der Waals surface area contributed by atoms with Crippen molar-refractivity contribution >= 4 is 17.6 Å². The van der Waals surface area contributed by atoms with Crippen LogP contribution in [-0.2, 0) is 16.1 Å². The molecule has 2 aromatic carbocycles. The van der Waals surface area contributed by atoms with Crippen LogP contribution in [0.1, 0.15) is 27.0 Å². The van der Waals surface area contributed by atoms with Crippen molar-refractivity contribution in [3.63, 3.8) is 0 Å². The largest absolute Gasteiger partial charge is 0.465 e. The van der Waals surface area contributed by atoms with Gasteiger partial charge in [-0.05, 0) is 31.5 Å². The Morgan fingerprint density at radius 3 is 2.60 bits per heavy atom. The van der Waals surface area contributed by atoms with E-state index in [-0.39, 0.29) is 18.0 Å². The van der Waals surface area contributed by atoms with Crippen molar-refractivity contribution < 1.29 is 18.7 Å². The van der Waals surface area contributed by atoms with Crippen LogP contribution < -0.4 is 10.6 Å². The quantitative estimate of drug-likeness (QED) is 0.791. The normalized spacial score (nSPS) is 10.2. The van der Waals surface area contributed by atoms with Gasteiger partial charge in [0, 0.05) is 17.8 Å². The van der Waals surface area contributed by atoms with E-state index in [4.69, 9.17) is 0 Å². The summed E-state index contributed by atoms with van der Waals surface area (Å²) in [5.74, 6) is -1.40. The van der Waals surface area contributed by atoms with E-state index in [1.54, 1.807) is 6.92 Å². The second-order valence-corrected chi connectivity index (χ2v) is 5.74. The number of aryl methyl sites for hydroxylation is 1. The van der Waals surface area contributed by atoms with Crippen LogP contribution in [0.5, 0.6) is 0 Å². The molecule has 2 N–H and O–H groups in total. The summed E-state index contributed by atoms with van der Waals surface area (Å²) < 4.78 is 18.5. The molecule has 0 radical (unpaired) electrons. The summed E-state index contributed by atoms with van der Waals surface area (Å²) in [6.07, 6.45) is 0. The maximum Gasteiger partial charge on any atom is 0.338 e. The first kappa shape index (κ1) is 18.4. The zero-order chi connectivity index (χ0) is 18.4. The fourth-order valence-corrected chi connectivity index (χ4v) is 2.36. The summed E-state index contributed by atoms with van der Waals surface area (Å²) in [5.41, 5.74) is 2.93. The highest BCUT2D eigenvalue weighted by Gasteiger charge is 2.13. The van der Waals surface area contributed by atoms with E-state index in [0.717, 1.165) is 17.2 Å². The third kappa shape index (κ3) is 5.04. The lowest BCUT2D eigenvalue weighted by Crippen LogP contribution is -2.29. The smallest absolute Gasteiger partial charge is 0.338 e. The van der Waals surface area contributed by atoms with Gasteiger partial charge in [-0.15, -0.1) is 0 Å². The molecule has 1 amide bonds. The molecule has 0 aliphatic heterocycles. The SMILES string of the molecule is COC(=O)c1cc(F)c(C)c(NCC(=O)NCc2cccc(C)c2)c1. The highest BCUT2D eigenvalue weighted by Crippen LogP contribution is 2.21. The third-order valence-corrected chi connectivity index (χ3v) is 3.78. The van der Waals surface area contributed by atoms with Crippen molar-refractivity contribution in [1.29, 1.82) is 0 Å². The van der Waals surface area contributed by atoms with Gasteiger partial charge in [-0.1, -0.05) is 29.8 Å². The Morgan fingerprint density at radius 2 is 1.92 bits per heavy atom. The minimum atomic E-state index is -0.633. The Morgan fingerprint density at radius 1 is 1.16 bits per heavy atom. The zero-order valence-electron chi connectivity index (χ0n) is 14.5. The van der Waals surface area contributed by atoms with Gasteiger partial charge in [0.1, 0.15) is 5.82 Å². The van der Waals surface area contributed by atoms with Crippen molar-refractivity contribution in [2.45, 2.75) is 20.4 Å². The van der Waals surface area contributed by atoms with Gasteiger partial charge < -0.3 is 15.4 Å². The molecule has 132 valence electrons. The second kappa shape index (κ2) is 8.28.